The second-order valence-electron chi connectivity index (χ2n) is 9.93. The molecular formula is C21H34O10. The number of fused-ring (bicyclic) bond motifs is 1. The Bertz CT molecular complexity index is 683. The van der Waals surface area contributed by atoms with Crippen LogP contribution in [-0.4, -0.2) is 106 Å². The number of aliphatic hydroxyl groups excluding tert-OH is 5. The molecule has 0 aromatic heterocycles. The van der Waals surface area contributed by atoms with Gasteiger partial charge in [0, 0.05) is 0 Å². The van der Waals surface area contributed by atoms with Crippen LogP contribution in [0, 0.1) is 17.3 Å². The lowest BCUT2D eigenvalue weighted by Gasteiger charge is -2.55. The van der Waals surface area contributed by atoms with Crippen molar-refractivity contribution in [2.24, 2.45) is 17.3 Å². The number of rotatable bonds is 7. The first kappa shape index (κ1) is 23.5. The van der Waals surface area contributed by atoms with Crippen molar-refractivity contribution in [3.05, 3.63) is 11.6 Å². The molecule has 10 nitrogen and oxygen atoms in total. The van der Waals surface area contributed by atoms with Crippen LogP contribution in [0.15, 0.2) is 11.6 Å². The molecular weight excluding hydrogens is 412 g/mol. The molecule has 0 radical (unpaired) electrons. The van der Waals surface area contributed by atoms with Gasteiger partial charge >= 0.3 is 0 Å². The maximum atomic E-state index is 10.3. The zero-order chi connectivity index (χ0) is 22.6. The fraction of sp³-hybridized carbons (Fsp3) is 0.905. The first-order valence-electron chi connectivity index (χ1n) is 10.8. The summed E-state index contributed by atoms with van der Waals surface area (Å²) in [5, 5.41) is 60.0. The number of aliphatic hydroxyl groups is 6. The molecule has 2 aliphatic heterocycles. The molecule has 5 rings (SSSR count). The SMILES string of the molecule is CC1(C)[C@@H]2CC(CO[C@@H]3O[C@H](CO[C@@H]4OC[C@](O)(CO)[C@H]4O)[C@@H](O)[C@H](O)[C@H]3O)=C[C@H]1C2. The Kier molecular flexibility index (Phi) is 6.52. The second kappa shape index (κ2) is 8.60. The van der Waals surface area contributed by atoms with Crippen LogP contribution in [0.25, 0.3) is 0 Å². The van der Waals surface area contributed by atoms with Gasteiger partial charge in [-0.25, -0.2) is 0 Å². The molecule has 0 unspecified atom stereocenters. The van der Waals surface area contributed by atoms with Crippen LogP contribution < -0.4 is 0 Å². The molecule has 2 saturated heterocycles. The van der Waals surface area contributed by atoms with Crippen molar-refractivity contribution in [3.63, 3.8) is 0 Å². The maximum absolute atomic E-state index is 10.3. The van der Waals surface area contributed by atoms with E-state index in [-0.39, 0.29) is 19.8 Å². The van der Waals surface area contributed by atoms with Crippen LogP contribution in [0.5, 0.6) is 0 Å². The van der Waals surface area contributed by atoms with E-state index in [2.05, 4.69) is 19.9 Å². The molecule has 10 heteroatoms. The van der Waals surface area contributed by atoms with E-state index < -0.39 is 55.3 Å². The second-order valence-corrected chi connectivity index (χ2v) is 9.93. The molecule has 2 heterocycles. The fourth-order valence-electron chi connectivity index (χ4n) is 4.97. The molecule has 10 atom stereocenters. The molecule has 0 spiro atoms. The highest BCUT2D eigenvalue weighted by molar-refractivity contribution is 5.21. The summed E-state index contributed by atoms with van der Waals surface area (Å²) in [7, 11) is 0. The molecule has 0 aromatic rings. The molecule has 0 aromatic carbocycles. The zero-order valence-electron chi connectivity index (χ0n) is 17.8. The molecule has 5 aliphatic rings. The quantitative estimate of drug-likeness (QED) is 0.248. The van der Waals surface area contributed by atoms with Gasteiger partial charge in [-0.2, -0.15) is 0 Å². The van der Waals surface area contributed by atoms with Crippen LogP contribution in [0.1, 0.15) is 26.7 Å². The normalized spacial score (nSPS) is 48.9. The van der Waals surface area contributed by atoms with Crippen molar-refractivity contribution in [3.8, 4) is 0 Å². The standard InChI is InChI=1S/C21H34O10/c1-20(2)11-3-10(4-12(20)5-11)6-28-18-16(25)15(24)14(23)13(31-18)7-29-19-17(26)21(27,8-22)9-30-19/h3,11-19,22-27H,4-9H2,1-2H3/t11-,12+,13+,14+,15-,16+,17-,18+,19+,21+/m0/s1. The topological polar surface area (TPSA) is 158 Å². The van der Waals surface area contributed by atoms with Crippen molar-refractivity contribution in [1.82, 2.24) is 0 Å². The lowest BCUT2D eigenvalue weighted by molar-refractivity contribution is -0.308. The minimum absolute atomic E-state index is 0.259. The number of ether oxygens (including phenoxy) is 4. The van der Waals surface area contributed by atoms with E-state index in [1.54, 1.807) is 0 Å². The lowest BCUT2D eigenvalue weighted by Crippen LogP contribution is -2.59. The maximum Gasteiger partial charge on any atom is 0.187 e. The molecule has 3 fully saturated rings. The summed E-state index contributed by atoms with van der Waals surface area (Å²) in [6, 6.07) is 0. The summed E-state index contributed by atoms with van der Waals surface area (Å²) in [6.07, 6.45) is -5.02. The first-order valence-corrected chi connectivity index (χ1v) is 10.8. The van der Waals surface area contributed by atoms with Crippen LogP contribution >= 0.6 is 0 Å². The van der Waals surface area contributed by atoms with Crippen molar-refractivity contribution in [2.75, 3.05) is 26.4 Å². The van der Waals surface area contributed by atoms with Gasteiger partial charge in [-0.3, -0.25) is 0 Å². The minimum Gasteiger partial charge on any atom is -0.393 e. The lowest BCUT2D eigenvalue weighted by atomic mass is 9.50. The highest BCUT2D eigenvalue weighted by Crippen LogP contribution is 2.58. The van der Waals surface area contributed by atoms with E-state index in [9.17, 15) is 30.6 Å². The van der Waals surface area contributed by atoms with Gasteiger partial charge in [0.2, 0.25) is 0 Å². The van der Waals surface area contributed by atoms with E-state index in [1.165, 1.54) is 6.42 Å². The van der Waals surface area contributed by atoms with Crippen LogP contribution in [0.3, 0.4) is 0 Å². The molecule has 31 heavy (non-hydrogen) atoms. The summed E-state index contributed by atoms with van der Waals surface area (Å²) in [5.74, 6) is 1.13. The summed E-state index contributed by atoms with van der Waals surface area (Å²) < 4.78 is 21.9. The van der Waals surface area contributed by atoms with Crippen molar-refractivity contribution >= 4 is 0 Å². The van der Waals surface area contributed by atoms with Gasteiger partial charge in [-0.15, -0.1) is 0 Å². The Morgan fingerprint density at radius 3 is 2.39 bits per heavy atom. The van der Waals surface area contributed by atoms with Gasteiger partial charge in [-0.05, 0) is 35.7 Å². The third kappa shape index (κ3) is 4.19. The van der Waals surface area contributed by atoms with Crippen LogP contribution in [-0.2, 0) is 18.9 Å². The van der Waals surface area contributed by atoms with Gasteiger partial charge in [0.05, 0.1) is 26.4 Å². The summed E-state index contributed by atoms with van der Waals surface area (Å²) >= 11 is 0. The minimum atomic E-state index is -1.83. The first-order chi connectivity index (χ1) is 14.6. The van der Waals surface area contributed by atoms with E-state index in [0.717, 1.165) is 12.0 Å². The molecule has 178 valence electrons. The predicted molar refractivity (Wildman–Crippen MR) is 104 cm³/mol. The average Bonchev–Trinajstić information content (AvgIpc) is 3.05. The molecule has 1 saturated carbocycles. The molecule has 2 bridgehead atoms. The highest BCUT2D eigenvalue weighted by Gasteiger charge is 2.51. The molecule has 6 N–H and O–H groups in total. The molecule has 3 aliphatic carbocycles. The Morgan fingerprint density at radius 1 is 1.06 bits per heavy atom. The Hall–Kier alpha value is -0.660. The van der Waals surface area contributed by atoms with Crippen molar-refractivity contribution in [2.45, 2.75) is 75.4 Å². The average molecular weight is 446 g/mol. The summed E-state index contributed by atoms with van der Waals surface area (Å²) in [6.45, 7) is 3.48. The summed E-state index contributed by atoms with van der Waals surface area (Å²) in [4.78, 5) is 0. The van der Waals surface area contributed by atoms with Gasteiger partial charge in [0.15, 0.2) is 12.6 Å². The van der Waals surface area contributed by atoms with E-state index in [4.69, 9.17) is 18.9 Å². The Morgan fingerprint density at radius 2 is 1.81 bits per heavy atom. The van der Waals surface area contributed by atoms with Crippen LogP contribution in [0.2, 0.25) is 0 Å². The Labute approximate surface area is 181 Å². The van der Waals surface area contributed by atoms with E-state index in [0.29, 0.717) is 17.3 Å². The van der Waals surface area contributed by atoms with Crippen molar-refractivity contribution < 1.29 is 49.6 Å². The monoisotopic (exact) mass is 446 g/mol. The number of hydrogen-bond acceptors (Lipinski definition) is 10. The Balaban J connectivity index is 1.31. The van der Waals surface area contributed by atoms with Gasteiger partial charge in [0.25, 0.3) is 0 Å². The summed E-state index contributed by atoms with van der Waals surface area (Å²) in [5.41, 5.74) is -0.390. The zero-order valence-corrected chi connectivity index (χ0v) is 17.8. The van der Waals surface area contributed by atoms with Gasteiger partial charge in [-0.1, -0.05) is 19.9 Å². The van der Waals surface area contributed by atoms with E-state index >= 15 is 0 Å². The number of hydrogen-bond donors (Lipinski definition) is 6. The third-order valence-electron chi connectivity index (χ3n) is 7.60. The van der Waals surface area contributed by atoms with Gasteiger partial charge in [0.1, 0.15) is 36.1 Å². The third-order valence-corrected chi connectivity index (χ3v) is 7.60. The largest absolute Gasteiger partial charge is 0.393 e. The van der Waals surface area contributed by atoms with Crippen LogP contribution in [0.4, 0.5) is 0 Å². The van der Waals surface area contributed by atoms with E-state index in [1.807, 2.05) is 0 Å². The van der Waals surface area contributed by atoms with Crippen molar-refractivity contribution in [1.29, 1.82) is 0 Å². The number of allylic oxidation sites excluding steroid dienone is 1. The fourth-order valence-corrected chi connectivity index (χ4v) is 4.97. The van der Waals surface area contributed by atoms with Gasteiger partial charge < -0.3 is 49.6 Å². The molecule has 0 amide bonds. The smallest absolute Gasteiger partial charge is 0.187 e. The predicted octanol–water partition coefficient (Wildman–Crippen LogP) is -1.74. The highest BCUT2D eigenvalue weighted by atomic mass is 16.7.